The lowest BCUT2D eigenvalue weighted by Crippen LogP contribution is -2.50. The lowest BCUT2D eigenvalue weighted by atomic mass is 9.75. The Morgan fingerprint density at radius 3 is 2.71 bits per heavy atom. The van der Waals surface area contributed by atoms with Crippen LogP contribution in [-0.4, -0.2) is 54.1 Å². The van der Waals surface area contributed by atoms with E-state index in [0.29, 0.717) is 25.3 Å². The van der Waals surface area contributed by atoms with E-state index < -0.39 is 11.6 Å². The average Bonchev–Trinajstić information content (AvgIpc) is 3.17. The zero-order valence-electron chi connectivity index (χ0n) is 14.3. The Labute approximate surface area is 142 Å². The highest BCUT2D eigenvalue weighted by atomic mass is 16.5. The van der Waals surface area contributed by atoms with E-state index in [1.807, 2.05) is 0 Å². The number of ether oxygens (including phenoxy) is 1. The lowest BCUT2D eigenvalue weighted by Gasteiger charge is -2.34. The van der Waals surface area contributed by atoms with Crippen molar-refractivity contribution >= 4 is 17.8 Å². The van der Waals surface area contributed by atoms with E-state index in [1.54, 1.807) is 0 Å². The Morgan fingerprint density at radius 2 is 2.08 bits per heavy atom. The Morgan fingerprint density at radius 1 is 1.33 bits per heavy atom. The predicted molar refractivity (Wildman–Crippen MR) is 87.2 cm³/mol. The van der Waals surface area contributed by atoms with Gasteiger partial charge in [-0.3, -0.25) is 14.5 Å². The lowest BCUT2D eigenvalue weighted by molar-refractivity contribution is -0.136. The Kier molecular flexibility index (Phi) is 5.08. The van der Waals surface area contributed by atoms with E-state index in [4.69, 9.17) is 4.74 Å². The van der Waals surface area contributed by atoms with Gasteiger partial charge in [0.2, 0.25) is 5.91 Å². The molecule has 0 unspecified atom stereocenters. The summed E-state index contributed by atoms with van der Waals surface area (Å²) in [6.07, 6.45) is 6.33. The van der Waals surface area contributed by atoms with Crippen LogP contribution < -0.4 is 10.6 Å². The third kappa shape index (κ3) is 3.41. The molecule has 0 aromatic heterocycles. The molecule has 3 rings (SSSR count). The minimum absolute atomic E-state index is 0.0488. The second-order valence-corrected chi connectivity index (χ2v) is 7.19. The largest absolute Gasteiger partial charge is 0.376 e. The van der Waals surface area contributed by atoms with Crippen molar-refractivity contribution in [3.05, 3.63) is 0 Å². The summed E-state index contributed by atoms with van der Waals surface area (Å²) in [6.45, 7) is 3.11. The molecule has 2 aliphatic heterocycles. The number of nitrogens with zero attached hydrogens (tertiary/aromatic N) is 1. The van der Waals surface area contributed by atoms with Gasteiger partial charge in [-0.25, -0.2) is 4.79 Å². The van der Waals surface area contributed by atoms with E-state index >= 15 is 0 Å². The molecule has 2 N–H and O–H groups in total. The highest BCUT2D eigenvalue weighted by molar-refractivity contribution is 6.09. The number of hydrogen-bond acceptors (Lipinski definition) is 4. The third-order valence-corrected chi connectivity index (χ3v) is 5.63. The van der Waals surface area contributed by atoms with E-state index in [0.717, 1.165) is 43.6 Å². The normalized spacial score (nSPS) is 33.1. The van der Waals surface area contributed by atoms with Gasteiger partial charge in [0.15, 0.2) is 0 Å². The topological polar surface area (TPSA) is 87.7 Å². The number of nitrogens with one attached hydrogen (secondary N) is 2. The van der Waals surface area contributed by atoms with Crippen LogP contribution in [0.3, 0.4) is 0 Å². The maximum Gasteiger partial charge on any atom is 0.325 e. The van der Waals surface area contributed by atoms with Crippen LogP contribution >= 0.6 is 0 Å². The van der Waals surface area contributed by atoms with Gasteiger partial charge in [0, 0.05) is 13.2 Å². The summed E-state index contributed by atoms with van der Waals surface area (Å²) in [4.78, 5) is 38.1. The molecule has 1 atom stereocenters. The van der Waals surface area contributed by atoms with Gasteiger partial charge in [-0.1, -0.05) is 13.3 Å². The average molecular weight is 337 g/mol. The van der Waals surface area contributed by atoms with Crippen molar-refractivity contribution in [2.24, 2.45) is 5.92 Å². The fraction of sp³-hybridized carbons (Fsp3) is 0.824. The minimum atomic E-state index is -0.780. The van der Waals surface area contributed by atoms with Crippen LogP contribution in [0, 0.1) is 5.92 Å². The SMILES string of the molecule is CCC1CCC2(CC1)NC(=O)N(CC(=O)NC[C@@H]1CCCO1)C2=O. The number of urea groups is 1. The first kappa shape index (κ1) is 17.2. The molecular formula is C17H27N3O4. The van der Waals surface area contributed by atoms with Crippen molar-refractivity contribution < 1.29 is 19.1 Å². The van der Waals surface area contributed by atoms with Gasteiger partial charge < -0.3 is 15.4 Å². The molecule has 0 bridgehead atoms. The molecule has 3 aliphatic rings. The number of imide groups is 1. The summed E-state index contributed by atoms with van der Waals surface area (Å²) in [5, 5.41) is 5.61. The molecule has 2 heterocycles. The van der Waals surface area contributed by atoms with Crippen molar-refractivity contribution in [3.63, 3.8) is 0 Å². The van der Waals surface area contributed by atoms with E-state index in [2.05, 4.69) is 17.6 Å². The Balaban J connectivity index is 1.53. The third-order valence-electron chi connectivity index (χ3n) is 5.63. The summed E-state index contributed by atoms with van der Waals surface area (Å²) in [5.74, 6) is 0.0756. The Hall–Kier alpha value is -1.63. The van der Waals surface area contributed by atoms with Crippen molar-refractivity contribution in [2.75, 3.05) is 19.7 Å². The molecule has 0 aromatic carbocycles. The second-order valence-electron chi connectivity index (χ2n) is 7.19. The first-order valence-corrected chi connectivity index (χ1v) is 9.06. The first-order chi connectivity index (χ1) is 11.5. The van der Waals surface area contributed by atoms with E-state index in [-0.39, 0.29) is 24.5 Å². The van der Waals surface area contributed by atoms with Crippen LogP contribution in [-0.2, 0) is 14.3 Å². The van der Waals surface area contributed by atoms with Gasteiger partial charge in [-0.05, 0) is 44.4 Å². The molecule has 2 saturated heterocycles. The van der Waals surface area contributed by atoms with E-state index in [9.17, 15) is 14.4 Å². The van der Waals surface area contributed by atoms with Gasteiger partial charge in [-0.2, -0.15) is 0 Å². The summed E-state index contributed by atoms with van der Waals surface area (Å²) in [5.41, 5.74) is -0.780. The molecule has 0 radical (unpaired) electrons. The highest BCUT2D eigenvalue weighted by Gasteiger charge is 2.52. The van der Waals surface area contributed by atoms with Crippen LogP contribution in [0.5, 0.6) is 0 Å². The molecule has 3 fully saturated rings. The maximum absolute atomic E-state index is 12.7. The monoisotopic (exact) mass is 337 g/mol. The molecule has 1 aliphatic carbocycles. The van der Waals surface area contributed by atoms with Crippen molar-refractivity contribution in [3.8, 4) is 0 Å². The van der Waals surface area contributed by atoms with Gasteiger partial charge in [-0.15, -0.1) is 0 Å². The zero-order valence-corrected chi connectivity index (χ0v) is 14.3. The molecule has 4 amide bonds. The minimum Gasteiger partial charge on any atom is -0.376 e. The smallest absolute Gasteiger partial charge is 0.325 e. The summed E-state index contributed by atoms with van der Waals surface area (Å²) in [6, 6.07) is -0.442. The molecule has 7 nitrogen and oxygen atoms in total. The van der Waals surface area contributed by atoms with Gasteiger partial charge in [0.05, 0.1) is 6.10 Å². The summed E-state index contributed by atoms with van der Waals surface area (Å²) < 4.78 is 5.45. The zero-order chi connectivity index (χ0) is 17.2. The molecule has 1 saturated carbocycles. The van der Waals surface area contributed by atoms with Crippen LogP contribution in [0.4, 0.5) is 4.79 Å². The molecular weight excluding hydrogens is 310 g/mol. The van der Waals surface area contributed by atoms with Crippen LogP contribution in [0.25, 0.3) is 0 Å². The number of carbonyl (C=O) groups is 3. The molecule has 0 aromatic rings. The van der Waals surface area contributed by atoms with Crippen LogP contribution in [0.15, 0.2) is 0 Å². The first-order valence-electron chi connectivity index (χ1n) is 9.06. The molecule has 24 heavy (non-hydrogen) atoms. The molecule has 1 spiro atoms. The summed E-state index contributed by atoms with van der Waals surface area (Å²) >= 11 is 0. The summed E-state index contributed by atoms with van der Waals surface area (Å²) in [7, 11) is 0. The van der Waals surface area contributed by atoms with Crippen molar-refractivity contribution in [2.45, 2.75) is 63.5 Å². The van der Waals surface area contributed by atoms with Gasteiger partial charge in [0.1, 0.15) is 12.1 Å². The van der Waals surface area contributed by atoms with Gasteiger partial charge >= 0.3 is 6.03 Å². The Bertz CT molecular complexity index is 508. The van der Waals surface area contributed by atoms with E-state index in [1.165, 1.54) is 0 Å². The van der Waals surface area contributed by atoms with Crippen molar-refractivity contribution in [1.29, 1.82) is 0 Å². The highest BCUT2D eigenvalue weighted by Crippen LogP contribution is 2.37. The van der Waals surface area contributed by atoms with Crippen LogP contribution in [0.2, 0.25) is 0 Å². The second kappa shape index (κ2) is 7.09. The van der Waals surface area contributed by atoms with Crippen LogP contribution in [0.1, 0.15) is 51.9 Å². The number of amides is 4. The van der Waals surface area contributed by atoms with Gasteiger partial charge in [0.25, 0.3) is 5.91 Å². The fourth-order valence-corrected chi connectivity index (χ4v) is 3.97. The molecule has 7 heteroatoms. The number of rotatable bonds is 5. The standard InChI is InChI=1S/C17H27N3O4/c1-2-12-5-7-17(8-6-12)15(22)20(16(23)19-17)11-14(21)18-10-13-4-3-9-24-13/h12-13H,2-11H2,1H3,(H,18,21)(H,19,23)/t12?,13-,17?/m0/s1. The van der Waals surface area contributed by atoms with Crippen molar-refractivity contribution in [1.82, 2.24) is 15.5 Å². The molecule has 134 valence electrons. The maximum atomic E-state index is 12.7. The number of hydrogen-bond donors (Lipinski definition) is 2. The number of carbonyl (C=O) groups excluding carboxylic acids is 3. The predicted octanol–water partition coefficient (Wildman–Crippen LogP) is 1.17. The quantitative estimate of drug-likeness (QED) is 0.737. The fourth-order valence-electron chi connectivity index (χ4n) is 3.97.